The molecule has 0 aliphatic heterocycles. The van der Waals surface area contributed by atoms with Gasteiger partial charge >= 0.3 is 0 Å². The van der Waals surface area contributed by atoms with Crippen LogP contribution in [0.1, 0.15) is 316 Å². The van der Waals surface area contributed by atoms with E-state index >= 15 is 0 Å². The van der Waals surface area contributed by atoms with Crippen LogP contribution in [0.2, 0.25) is 0 Å². The van der Waals surface area contributed by atoms with E-state index in [1.807, 2.05) is 0 Å². The Hall–Kier alpha value is -0.0400. The highest BCUT2D eigenvalue weighted by atomic mass is 15.1. The maximum atomic E-state index is 2.88. The zero-order valence-corrected chi connectivity index (χ0v) is 38.1. The molecule has 0 N–H and O–H groups in total. The summed E-state index contributed by atoms with van der Waals surface area (Å²) in [4.78, 5) is 2.88. The van der Waals surface area contributed by atoms with Gasteiger partial charge in [0.1, 0.15) is 0 Å². The summed E-state index contributed by atoms with van der Waals surface area (Å²) in [6, 6.07) is 0. The predicted molar refractivity (Wildman–Crippen MR) is 246 cm³/mol. The monoisotopic (exact) mass is 746 g/mol. The lowest BCUT2D eigenvalue weighted by Crippen LogP contribution is -2.27. The van der Waals surface area contributed by atoms with Gasteiger partial charge in [0.2, 0.25) is 0 Å². The van der Waals surface area contributed by atoms with Crippen LogP contribution in [0.4, 0.5) is 0 Å². The Balaban J connectivity index is 3.94. The molecule has 1 heteroatoms. The van der Waals surface area contributed by atoms with Crippen LogP contribution in [0.15, 0.2) is 0 Å². The first kappa shape index (κ1) is 53.0. The molecule has 0 aliphatic carbocycles. The maximum absolute atomic E-state index is 2.88. The van der Waals surface area contributed by atoms with Crippen molar-refractivity contribution in [2.45, 2.75) is 316 Å². The predicted octanol–water partition coefficient (Wildman–Crippen LogP) is 19.3. The van der Waals surface area contributed by atoms with Gasteiger partial charge in [0.05, 0.1) is 0 Å². The fourth-order valence-corrected chi connectivity index (χ4v) is 8.63. The van der Waals surface area contributed by atoms with E-state index in [-0.39, 0.29) is 0 Å². The Morgan fingerprint density at radius 2 is 0.264 bits per heavy atom. The third-order valence-electron chi connectivity index (χ3n) is 12.5. The van der Waals surface area contributed by atoms with Gasteiger partial charge in [0.15, 0.2) is 0 Å². The van der Waals surface area contributed by atoms with Crippen LogP contribution in [-0.2, 0) is 0 Å². The number of hydrogen-bond donors (Lipinski definition) is 0. The van der Waals surface area contributed by atoms with Crippen LogP contribution in [-0.4, -0.2) is 24.5 Å². The first-order chi connectivity index (χ1) is 26.3. The summed E-state index contributed by atoms with van der Waals surface area (Å²) in [6.07, 6.45) is 67.5. The molecule has 0 bridgehead atoms. The van der Waals surface area contributed by atoms with Crippen molar-refractivity contribution in [2.24, 2.45) is 0 Å². The fraction of sp³-hybridized carbons (Fsp3) is 1.00. The van der Waals surface area contributed by atoms with Crippen molar-refractivity contribution in [1.82, 2.24) is 4.90 Å². The molecular weight excluding hydrogens is 639 g/mol. The van der Waals surface area contributed by atoms with Gasteiger partial charge in [-0.15, -0.1) is 0 Å². The molecule has 0 amide bonds. The number of nitrogens with zero attached hydrogens (tertiary/aromatic N) is 1. The summed E-state index contributed by atoms with van der Waals surface area (Å²) < 4.78 is 0. The van der Waals surface area contributed by atoms with Crippen LogP contribution in [0, 0.1) is 0 Å². The molecule has 0 aromatic rings. The Labute approximate surface area is 339 Å². The molecule has 0 aromatic carbocycles. The highest BCUT2D eigenvalue weighted by Crippen LogP contribution is 2.17. The minimum atomic E-state index is 1.37. The number of rotatable bonds is 49. The maximum Gasteiger partial charge on any atom is -0.00187 e. The van der Waals surface area contributed by atoms with Crippen LogP contribution in [0.25, 0.3) is 0 Å². The molecule has 0 heterocycles. The minimum Gasteiger partial charge on any atom is -0.303 e. The second-order valence-electron chi connectivity index (χ2n) is 18.0. The standard InChI is InChI=1S/C52H107N/c1-4-7-10-13-16-19-22-25-28-31-34-37-40-43-46-49-52-53(50-47-44-41-38-35-32-29-26-23-20-17-14-11-8-5-2)51-48-45-42-39-36-33-30-27-24-21-18-15-12-9-6-3/h4-52H2,1-3H3. The quantitative estimate of drug-likeness (QED) is 0.0561. The molecule has 320 valence electrons. The third-order valence-corrected chi connectivity index (χ3v) is 12.5. The molecule has 0 fully saturated rings. The van der Waals surface area contributed by atoms with Gasteiger partial charge in [-0.3, -0.25) is 0 Å². The lowest BCUT2D eigenvalue weighted by molar-refractivity contribution is 0.254. The van der Waals surface area contributed by atoms with Crippen molar-refractivity contribution in [1.29, 1.82) is 0 Å². The smallest absolute Gasteiger partial charge is 0.00187 e. The van der Waals surface area contributed by atoms with Gasteiger partial charge < -0.3 is 4.90 Å². The molecule has 0 saturated heterocycles. The Morgan fingerprint density at radius 3 is 0.396 bits per heavy atom. The molecule has 53 heavy (non-hydrogen) atoms. The third kappa shape index (κ3) is 48.0. The summed E-state index contributed by atoms with van der Waals surface area (Å²) in [5.41, 5.74) is 0. The average molecular weight is 746 g/mol. The van der Waals surface area contributed by atoms with E-state index in [1.54, 1.807) is 0 Å². The highest BCUT2D eigenvalue weighted by molar-refractivity contribution is 4.61. The minimum absolute atomic E-state index is 1.37. The fourth-order valence-electron chi connectivity index (χ4n) is 8.63. The SMILES string of the molecule is CCCCCCCCCCCCCCCCCCN(CCCCCCCCCCCCCCCCC)CCCCCCCCCCCCCCCCC. The Morgan fingerprint density at radius 1 is 0.151 bits per heavy atom. The zero-order chi connectivity index (χ0) is 38.2. The molecule has 0 saturated carbocycles. The topological polar surface area (TPSA) is 3.24 Å². The van der Waals surface area contributed by atoms with E-state index in [0.29, 0.717) is 0 Å². The summed E-state index contributed by atoms with van der Waals surface area (Å²) >= 11 is 0. The summed E-state index contributed by atoms with van der Waals surface area (Å²) in [5.74, 6) is 0. The second-order valence-corrected chi connectivity index (χ2v) is 18.0. The van der Waals surface area contributed by atoms with Crippen LogP contribution in [0.5, 0.6) is 0 Å². The first-order valence-electron chi connectivity index (χ1n) is 26.1. The Bertz CT molecular complexity index is 566. The van der Waals surface area contributed by atoms with Gasteiger partial charge in [-0.25, -0.2) is 0 Å². The molecule has 0 aromatic heterocycles. The van der Waals surface area contributed by atoms with Crippen molar-refractivity contribution in [2.75, 3.05) is 19.6 Å². The van der Waals surface area contributed by atoms with E-state index in [1.165, 1.54) is 315 Å². The molecule has 1 nitrogen and oxygen atoms in total. The van der Waals surface area contributed by atoms with Crippen LogP contribution >= 0.6 is 0 Å². The van der Waals surface area contributed by atoms with Gasteiger partial charge in [-0.1, -0.05) is 297 Å². The van der Waals surface area contributed by atoms with E-state index in [0.717, 1.165) is 0 Å². The second kappa shape index (κ2) is 50.0. The molecule has 0 rings (SSSR count). The van der Waals surface area contributed by atoms with Crippen molar-refractivity contribution in [3.63, 3.8) is 0 Å². The van der Waals surface area contributed by atoms with Crippen LogP contribution < -0.4 is 0 Å². The molecule has 0 unspecified atom stereocenters. The summed E-state index contributed by atoms with van der Waals surface area (Å²) in [7, 11) is 0. The summed E-state index contributed by atoms with van der Waals surface area (Å²) in [5, 5.41) is 0. The lowest BCUT2D eigenvalue weighted by Gasteiger charge is -2.22. The van der Waals surface area contributed by atoms with Gasteiger partial charge in [-0.05, 0) is 38.9 Å². The normalized spacial score (nSPS) is 11.8. The van der Waals surface area contributed by atoms with Gasteiger partial charge in [0, 0.05) is 0 Å². The van der Waals surface area contributed by atoms with Gasteiger partial charge in [-0.2, -0.15) is 0 Å². The van der Waals surface area contributed by atoms with Crippen molar-refractivity contribution in [3.05, 3.63) is 0 Å². The summed E-state index contributed by atoms with van der Waals surface area (Å²) in [6.45, 7) is 11.1. The van der Waals surface area contributed by atoms with Crippen molar-refractivity contribution >= 4 is 0 Å². The first-order valence-corrected chi connectivity index (χ1v) is 26.1. The number of hydrogen-bond acceptors (Lipinski definition) is 1. The largest absolute Gasteiger partial charge is 0.303 e. The van der Waals surface area contributed by atoms with Crippen molar-refractivity contribution < 1.29 is 0 Å². The van der Waals surface area contributed by atoms with E-state index < -0.39 is 0 Å². The highest BCUT2D eigenvalue weighted by Gasteiger charge is 2.06. The van der Waals surface area contributed by atoms with E-state index in [2.05, 4.69) is 25.7 Å². The van der Waals surface area contributed by atoms with E-state index in [9.17, 15) is 0 Å². The molecule has 0 aliphatic rings. The lowest BCUT2D eigenvalue weighted by atomic mass is 10.0. The van der Waals surface area contributed by atoms with Gasteiger partial charge in [0.25, 0.3) is 0 Å². The van der Waals surface area contributed by atoms with Crippen molar-refractivity contribution in [3.8, 4) is 0 Å². The van der Waals surface area contributed by atoms with Crippen LogP contribution in [0.3, 0.4) is 0 Å². The molecule has 0 atom stereocenters. The van der Waals surface area contributed by atoms with E-state index in [4.69, 9.17) is 0 Å². The Kier molecular flexibility index (Phi) is 49.9. The molecule has 0 radical (unpaired) electrons. The number of unbranched alkanes of at least 4 members (excludes halogenated alkanes) is 43. The zero-order valence-electron chi connectivity index (χ0n) is 38.1. The average Bonchev–Trinajstić information content (AvgIpc) is 3.17. The molecular formula is C52H107N. The molecule has 0 spiro atoms.